The van der Waals surface area contributed by atoms with Crippen LogP contribution < -0.4 is 10.1 Å². The van der Waals surface area contributed by atoms with Crippen molar-refractivity contribution < 1.29 is 4.74 Å². The van der Waals surface area contributed by atoms with E-state index in [0.717, 1.165) is 31.8 Å². The van der Waals surface area contributed by atoms with Gasteiger partial charge in [0.05, 0.1) is 7.11 Å². The summed E-state index contributed by atoms with van der Waals surface area (Å²) in [6.45, 7) is 3.34. The number of benzene rings is 1. The first-order valence-electron chi connectivity index (χ1n) is 7.23. The van der Waals surface area contributed by atoms with Crippen LogP contribution in [0.3, 0.4) is 0 Å². The fraction of sp³-hybridized carbons (Fsp3) is 0.625. The first-order chi connectivity index (χ1) is 9.20. The van der Waals surface area contributed by atoms with Gasteiger partial charge in [-0.3, -0.25) is 0 Å². The van der Waals surface area contributed by atoms with E-state index in [2.05, 4.69) is 42.5 Å². The normalized spacial score (nSPS) is 16.8. The van der Waals surface area contributed by atoms with Gasteiger partial charge in [-0.15, -0.1) is 0 Å². The van der Waals surface area contributed by atoms with E-state index in [1.807, 2.05) is 0 Å². The number of hydrogen-bond acceptors (Lipinski definition) is 3. The largest absolute Gasteiger partial charge is 0.496 e. The second kappa shape index (κ2) is 6.92. The molecule has 3 nitrogen and oxygen atoms in total. The van der Waals surface area contributed by atoms with Crippen molar-refractivity contribution in [3.05, 3.63) is 29.3 Å². The molecule has 0 amide bonds. The highest BCUT2D eigenvalue weighted by atomic mass is 16.5. The third-order valence-electron chi connectivity index (χ3n) is 3.92. The van der Waals surface area contributed by atoms with Crippen molar-refractivity contribution >= 4 is 0 Å². The van der Waals surface area contributed by atoms with Crippen LogP contribution in [0.4, 0.5) is 0 Å². The predicted octanol–water partition coefficient (Wildman–Crippen LogP) is 2.27. The molecule has 3 heteroatoms. The van der Waals surface area contributed by atoms with Gasteiger partial charge in [0.1, 0.15) is 5.75 Å². The second-order valence-electron chi connectivity index (χ2n) is 5.65. The Morgan fingerprint density at radius 2 is 2.00 bits per heavy atom. The van der Waals surface area contributed by atoms with E-state index in [-0.39, 0.29) is 0 Å². The van der Waals surface area contributed by atoms with E-state index < -0.39 is 0 Å². The number of nitrogens with zero attached hydrogens (tertiary/aromatic N) is 1. The van der Waals surface area contributed by atoms with Crippen LogP contribution in [-0.2, 0) is 6.42 Å². The topological polar surface area (TPSA) is 24.5 Å². The minimum Gasteiger partial charge on any atom is -0.496 e. The van der Waals surface area contributed by atoms with Gasteiger partial charge < -0.3 is 15.0 Å². The number of likely N-dealkylation sites (N-methyl/N-ethyl adjacent to an activating group) is 1. The minimum atomic E-state index is 0.649. The highest BCUT2D eigenvalue weighted by Crippen LogP contribution is 2.33. The molecule has 19 heavy (non-hydrogen) atoms. The van der Waals surface area contributed by atoms with E-state index in [1.54, 1.807) is 7.11 Å². The molecular formula is C16H26N2O. The molecule has 1 aliphatic rings. The van der Waals surface area contributed by atoms with E-state index in [4.69, 9.17) is 4.74 Å². The summed E-state index contributed by atoms with van der Waals surface area (Å²) in [5, 5.41) is 3.43. The molecule has 1 aromatic rings. The molecule has 0 bridgehead atoms. The molecule has 106 valence electrons. The predicted molar refractivity (Wildman–Crippen MR) is 80.1 cm³/mol. The third-order valence-corrected chi connectivity index (χ3v) is 3.92. The fourth-order valence-electron chi connectivity index (χ4n) is 2.74. The molecule has 1 saturated heterocycles. The maximum atomic E-state index is 5.55. The molecule has 0 aromatic heterocycles. The number of methoxy groups -OCH3 is 1. The van der Waals surface area contributed by atoms with Crippen molar-refractivity contribution in [2.75, 3.05) is 40.8 Å². The van der Waals surface area contributed by atoms with Crippen molar-refractivity contribution in [1.82, 2.24) is 10.2 Å². The van der Waals surface area contributed by atoms with E-state index in [0.29, 0.717) is 5.92 Å². The molecule has 1 N–H and O–H groups in total. The Labute approximate surface area is 116 Å². The van der Waals surface area contributed by atoms with Crippen LogP contribution in [0.1, 0.15) is 29.9 Å². The van der Waals surface area contributed by atoms with Crippen LogP contribution in [0.15, 0.2) is 18.2 Å². The SMILES string of the molecule is COc1ccc(CCN(C)C)cc1C1CCNCC1. The lowest BCUT2D eigenvalue weighted by molar-refractivity contribution is 0.390. The molecule has 1 aliphatic heterocycles. The Kier molecular flexibility index (Phi) is 5.23. The zero-order valence-electron chi connectivity index (χ0n) is 12.4. The molecule has 0 radical (unpaired) electrons. The Bertz CT molecular complexity index is 398. The van der Waals surface area contributed by atoms with Gasteiger partial charge in [-0.2, -0.15) is 0 Å². The van der Waals surface area contributed by atoms with Gasteiger partial charge in [0.15, 0.2) is 0 Å². The van der Waals surface area contributed by atoms with E-state index >= 15 is 0 Å². The van der Waals surface area contributed by atoms with Crippen LogP contribution in [0.5, 0.6) is 5.75 Å². The van der Waals surface area contributed by atoms with Crippen LogP contribution in [0, 0.1) is 0 Å². The molecule has 1 fully saturated rings. The summed E-state index contributed by atoms with van der Waals surface area (Å²) in [6.07, 6.45) is 3.54. The summed E-state index contributed by atoms with van der Waals surface area (Å²) < 4.78 is 5.55. The Morgan fingerprint density at radius 1 is 1.26 bits per heavy atom. The standard InChI is InChI=1S/C16H26N2O/c1-18(2)11-8-13-4-5-16(19-3)15(12-13)14-6-9-17-10-7-14/h4-5,12,14,17H,6-11H2,1-3H3. The van der Waals surface area contributed by atoms with Crippen molar-refractivity contribution in [3.63, 3.8) is 0 Å². The summed E-state index contributed by atoms with van der Waals surface area (Å²) in [7, 11) is 6.02. The lowest BCUT2D eigenvalue weighted by Gasteiger charge is -2.25. The van der Waals surface area contributed by atoms with Crippen molar-refractivity contribution in [2.45, 2.75) is 25.2 Å². The van der Waals surface area contributed by atoms with Gasteiger partial charge in [-0.05, 0) is 69.6 Å². The maximum absolute atomic E-state index is 5.55. The molecule has 0 aliphatic carbocycles. The van der Waals surface area contributed by atoms with Gasteiger partial charge in [0.2, 0.25) is 0 Å². The smallest absolute Gasteiger partial charge is 0.122 e. The van der Waals surface area contributed by atoms with E-state index in [9.17, 15) is 0 Å². The number of piperidine rings is 1. The fourth-order valence-corrected chi connectivity index (χ4v) is 2.74. The quantitative estimate of drug-likeness (QED) is 0.881. The average Bonchev–Trinajstić information content (AvgIpc) is 2.45. The molecule has 1 aromatic carbocycles. The molecule has 1 heterocycles. The molecule has 2 rings (SSSR count). The first-order valence-corrected chi connectivity index (χ1v) is 7.23. The Balaban J connectivity index is 2.15. The number of rotatable bonds is 5. The summed E-state index contributed by atoms with van der Waals surface area (Å²) >= 11 is 0. The maximum Gasteiger partial charge on any atom is 0.122 e. The van der Waals surface area contributed by atoms with Gasteiger partial charge >= 0.3 is 0 Å². The number of nitrogens with one attached hydrogen (secondary N) is 1. The highest BCUT2D eigenvalue weighted by molar-refractivity contribution is 5.40. The van der Waals surface area contributed by atoms with E-state index in [1.165, 1.54) is 24.0 Å². The molecule has 0 unspecified atom stereocenters. The lowest BCUT2D eigenvalue weighted by Crippen LogP contribution is -2.27. The van der Waals surface area contributed by atoms with Gasteiger partial charge in [0, 0.05) is 6.54 Å². The second-order valence-corrected chi connectivity index (χ2v) is 5.65. The lowest BCUT2D eigenvalue weighted by atomic mass is 9.88. The summed E-state index contributed by atoms with van der Waals surface area (Å²) in [4.78, 5) is 2.23. The zero-order chi connectivity index (χ0) is 13.7. The van der Waals surface area contributed by atoms with Crippen molar-refractivity contribution in [3.8, 4) is 5.75 Å². The van der Waals surface area contributed by atoms with Crippen LogP contribution in [-0.4, -0.2) is 45.7 Å². The van der Waals surface area contributed by atoms with Crippen molar-refractivity contribution in [2.24, 2.45) is 0 Å². The van der Waals surface area contributed by atoms with Crippen LogP contribution in [0.25, 0.3) is 0 Å². The molecule has 0 saturated carbocycles. The average molecular weight is 262 g/mol. The minimum absolute atomic E-state index is 0.649. The van der Waals surface area contributed by atoms with Crippen LogP contribution >= 0.6 is 0 Å². The highest BCUT2D eigenvalue weighted by Gasteiger charge is 2.19. The molecular weight excluding hydrogens is 236 g/mol. The van der Waals surface area contributed by atoms with Gasteiger partial charge in [0.25, 0.3) is 0 Å². The zero-order valence-corrected chi connectivity index (χ0v) is 12.4. The molecule has 0 spiro atoms. The summed E-state index contributed by atoms with van der Waals surface area (Å²) in [6, 6.07) is 6.70. The summed E-state index contributed by atoms with van der Waals surface area (Å²) in [5.74, 6) is 1.70. The van der Waals surface area contributed by atoms with Gasteiger partial charge in [-0.1, -0.05) is 12.1 Å². The number of hydrogen-bond donors (Lipinski definition) is 1. The Morgan fingerprint density at radius 3 is 2.63 bits per heavy atom. The first kappa shape index (κ1) is 14.4. The van der Waals surface area contributed by atoms with Crippen molar-refractivity contribution in [1.29, 1.82) is 0 Å². The molecule has 0 atom stereocenters. The van der Waals surface area contributed by atoms with Gasteiger partial charge in [-0.25, -0.2) is 0 Å². The summed E-state index contributed by atoms with van der Waals surface area (Å²) in [5.41, 5.74) is 2.82. The monoisotopic (exact) mass is 262 g/mol. The van der Waals surface area contributed by atoms with Crippen LogP contribution in [0.2, 0.25) is 0 Å². The third kappa shape index (κ3) is 3.95. The number of ether oxygens (including phenoxy) is 1. The Hall–Kier alpha value is -1.06.